The SMILES string of the molecule is CCOC(=O)Cn1cc2cc(CC(=O)c3cccc(C)n3)c(OC(C)C)cc2n1. The van der Waals surface area contributed by atoms with Gasteiger partial charge in [-0.05, 0) is 45.9 Å². The fourth-order valence-corrected chi connectivity index (χ4v) is 3.03. The Morgan fingerprint density at radius 3 is 2.69 bits per heavy atom. The number of benzene rings is 1. The molecule has 0 radical (unpaired) electrons. The molecule has 3 aromatic rings. The molecule has 7 nitrogen and oxygen atoms in total. The van der Waals surface area contributed by atoms with E-state index in [4.69, 9.17) is 9.47 Å². The van der Waals surface area contributed by atoms with Gasteiger partial charge in [0.15, 0.2) is 5.78 Å². The van der Waals surface area contributed by atoms with Crippen molar-refractivity contribution in [1.29, 1.82) is 0 Å². The van der Waals surface area contributed by atoms with Gasteiger partial charge in [-0.2, -0.15) is 5.10 Å². The normalized spacial score (nSPS) is 11.1. The monoisotopic (exact) mass is 395 g/mol. The molecule has 0 aliphatic carbocycles. The van der Waals surface area contributed by atoms with E-state index in [0.717, 1.165) is 16.6 Å². The van der Waals surface area contributed by atoms with Crippen molar-refractivity contribution in [1.82, 2.24) is 14.8 Å². The first-order valence-electron chi connectivity index (χ1n) is 9.65. The molecule has 0 spiro atoms. The lowest BCUT2D eigenvalue weighted by Gasteiger charge is -2.14. The third kappa shape index (κ3) is 5.19. The summed E-state index contributed by atoms with van der Waals surface area (Å²) in [4.78, 5) is 28.8. The number of carbonyl (C=O) groups is 2. The highest BCUT2D eigenvalue weighted by atomic mass is 16.5. The van der Waals surface area contributed by atoms with Crippen molar-refractivity contribution < 1.29 is 19.1 Å². The summed E-state index contributed by atoms with van der Waals surface area (Å²) in [6.07, 6.45) is 1.88. The largest absolute Gasteiger partial charge is 0.491 e. The van der Waals surface area contributed by atoms with Crippen molar-refractivity contribution in [3.63, 3.8) is 0 Å². The lowest BCUT2D eigenvalue weighted by Crippen LogP contribution is -2.13. The van der Waals surface area contributed by atoms with E-state index in [0.29, 0.717) is 23.6 Å². The zero-order valence-electron chi connectivity index (χ0n) is 17.1. The molecule has 2 aromatic heterocycles. The van der Waals surface area contributed by atoms with Crippen molar-refractivity contribution in [3.05, 3.63) is 53.5 Å². The van der Waals surface area contributed by atoms with Gasteiger partial charge < -0.3 is 9.47 Å². The average Bonchev–Trinajstić information content (AvgIpc) is 3.02. The Kier molecular flexibility index (Phi) is 6.26. The van der Waals surface area contributed by atoms with Crippen LogP contribution in [0.4, 0.5) is 0 Å². The summed E-state index contributed by atoms with van der Waals surface area (Å²) < 4.78 is 12.4. The fourth-order valence-electron chi connectivity index (χ4n) is 3.03. The minimum Gasteiger partial charge on any atom is -0.491 e. The van der Waals surface area contributed by atoms with E-state index in [1.165, 1.54) is 4.68 Å². The second-order valence-electron chi connectivity index (χ2n) is 7.08. The van der Waals surface area contributed by atoms with Crippen molar-refractivity contribution in [2.75, 3.05) is 6.61 Å². The van der Waals surface area contributed by atoms with E-state index < -0.39 is 0 Å². The van der Waals surface area contributed by atoms with Gasteiger partial charge in [0, 0.05) is 35.3 Å². The van der Waals surface area contributed by atoms with E-state index in [9.17, 15) is 9.59 Å². The third-order valence-corrected chi connectivity index (χ3v) is 4.22. The maximum Gasteiger partial charge on any atom is 0.327 e. The third-order valence-electron chi connectivity index (χ3n) is 4.22. The maximum absolute atomic E-state index is 12.8. The fraction of sp³-hybridized carbons (Fsp3) is 0.364. The Hall–Kier alpha value is -3.22. The lowest BCUT2D eigenvalue weighted by molar-refractivity contribution is -0.144. The molecule has 1 aromatic carbocycles. The Morgan fingerprint density at radius 2 is 2.00 bits per heavy atom. The highest BCUT2D eigenvalue weighted by molar-refractivity contribution is 5.97. The number of ketones is 1. The number of fused-ring (bicyclic) bond motifs is 1. The second kappa shape index (κ2) is 8.86. The van der Waals surface area contributed by atoms with Crippen molar-refractivity contribution >= 4 is 22.7 Å². The Balaban J connectivity index is 1.93. The van der Waals surface area contributed by atoms with Gasteiger partial charge in [0.05, 0.1) is 18.2 Å². The van der Waals surface area contributed by atoms with Gasteiger partial charge in [-0.3, -0.25) is 19.3 Å². The standard InChI is InChI=1S/C22H25N3O4/c1-5-28-22(27)13-25-12-17-9-16(21(29-14(2)3)11-19(17)24-25)10-20(26)18-8-6-7-15(4)23-18/h6-9,11-12,14H,5,10,13H2,1-4H3. The highest BCUT2D eigenvalue weighted by Crippen LogP contribution is 2.27. The number of ether oxygens (including phenoxy) is 2. The Morgan fingerprint density at radius 1 is 1.21 bits per heavy atom. The van der Waals surface area contributed by atoms with Crippen LogP contribution in [0.5, 0.6) is 5.75 Å². The van der Waals surface area contributed by atoms with Gasteiger partial charge in [-0.15, -0.1) is 0 Å². The first-order chi connectivity index (χ1) is 13.9. The van der Waals surface area contributed by atoms with Crippen molar-refractivity contribution in [2.24, 2.45) is 0 Å². The van der Waals surface area contributed by atoms with Gasteiger partial charge in [0.25, 0.3) is 0 Å². The minimum atomic E-state index is -0.347. The Labute approximate surface area is 169 Å². The van der Waals surface area contributed by atoms with Crippen LogP contribution in [-0.2, 0) is 22.5 Å². The minimum absolute atomic E-state index is 0.0321. The molecular weight excluding hydrogens is 370 g/mol. The zero-order valence-corrected chi connectivity index (χ0v) is 17.1. The number of hydrogen-bond acceptors (Lipinski definition) is 6. The van der Waals surface area contributed by atoms with Crippen LogP contribution in [0.25, 0.3) is 10.9 Å². The summed E-state index contributed by atoms with van der Waals surface area (Å²) in [6.45, 7) is 7.83. The van der Waals surface area contributed by atoms with Gasteiger partial charge in [-0.1, -0.05) is 6.07 Å². The van der Waals surface area contributed by atoms with E-state index in [1.54, 1.807) is 19.2 Å². The lowest BCUT2D eigenvalue weighted by atomic mass is 10.0. The number of aryl methyl sites for hydroxylation is 1. The first-order valence-corrected chi connectivity index (χ1v) is 9.65. The number of nitrogens with zero attached hydrogens (tertiary/aromatic N) is 3. The average molecular weight is 395 g/mol. The molecule has 0 bridgehead atoms. The summed E-state index contributed by atoms with van der Waals surface area (Å²) in [5.41, 5.74) is 2.67. The van der Waals surface area contributed by atoms with E-state index in [2.05, 4.69) is 10.1 Å². The number of aromatic nitrogens is 3. The number of hydrogen-bond donors (Lipinski definition) is 0. The molecule has 2 heterocycles. The molecule has 7 heteroatoms. The van der Waals surface area contributed by atoms with E-state index >= 15 is 0 Å². The molecule has 0 aliphatic rings. The molecule has 152 valence electrons. The van der Waals surface area contributed by atoms with E-state index in [-0.39, 0.29) is 30.8 Å². The molecule has 0 unspecified atom stereocenters. The summed E-state index contributed by atoms with van der Waals surface area (Å²) in [5.74, 6) is 0.176. The van der Waals surface area contributed by atoms with Crippen LogP contribution >= 0.6 is 0 Å². The summed E-state index contributed by atoms with van der Waals surface area (Å²) in [6, 6.07) is 9.09. The van der Waals surface area contributed by atoms with Crippen LogP contribution in [0.3, 0.4) is 0 Å². The van der Waals surface area contributed by atoms with Crippen molar-refractivity contribution in [3.8, 4) is 5.75 Å². The predicted octanol–water partition coefficient (Wildman–Crippen LogP) is 3.52. The number of esters is 1. The van der Waals surface area contributed by atoms with Gasteiger partial charge in [0.1, 0.15) is 18.0 Å². The Bertz CT molecular complexity index is 1040. The number of carbonyl (C=O) groups excluding carboxylic acids is 2. The quantitative estimate of drug-likeness (QED) is 0.429. The first kappa shape index (κ1) is 20.5. The number of rotatable bonds is 8. The molecule has 0 saturated carbocycles. The van der Waals surface area contributed by atoms with Crippen LogP contribution in [0, 0.1) is 6.92 Å². The van der Waals surface area contributed by atoms with Crippen LogP contribution < -0.4 is 4.74 Å². The van der Waals surface area contributed by atoms with Gasteiger partial charge in [-0.25, -0.2) is 0 Å². The predicted molar refractivity (Wildman–Crippen MR) is 109 cm³/mol. The molecule has 0 fully saturated rings. The molecular formula is C22H25N3O4. The smallest absolute Gasteiger partial charge is 0.327 e. The molecule has 0 saturated heterocycles. The van der Waals surface area contributed by atoms with Crippen molar-refractivity contribution in [2.45, 2.75) is 46.8 Å². The molecule has 0 aliphatic heterocycles. The maximum atomic E-state index is 12.8. The van der Waals surface area contributed by atoms with Crippen LogP contribution in [-0.4, -0.2) is 39.2 Å². The molecule has 0 amide bonds. The van der Waals surface area contributed by atoms with Crippen LogP contribution in [0.2, 0.25) is 0 Å². The molecule has 0 atom stereocenters. The second-order valence-corrected chi connectivity index (χ2v) is 7.08. The highest BCUT2D eigenvalue weighted by Gasteiger charge is 2.16. The topological polar surface area (TPSA) is 83.3 Å². The van der Waals surface area contributed by atoms with E-state index in [1.807, 2.05) is 45.0 Å². The van der Waals surface area contributed by atoms with Gasteiger partial charge >= 0.3 is 5.97 Å². The molecule has 0 N–H and O–H groups in total. The molecule has 29 heavy (non-hydrogen) atoms. The molecule has 3 rings (SSSR count). The summed E-state index contributed by atoms with van der Waals surface area (Å²) in [5, 5.41) is 5.26. The van der Waals surface area contributed by atoms with Crippen LogP contribution in [0.15, 0.2) is 36.5 Å². The number of Topliss-reactive ketones (excluding diaryl/α,β-unsaturated/α-hetero) is 1. The summed E-state index contributed by atoms with van der Waals surface area (Å²) in [7, 11) is 0. The number of pyridine rings is 1. The zero-order chi connectivity index (χ0) is 21.0. The summed E-state index contributed by atoms with van der Waals surface area (Å²) >= 11 is 0. The van der Waals surface area contributed by atoms with Crippen LogP contribution in [0.1, 0.15) is 42.5 Å². The van der Waals surface area contributed by atoms with Gasteiger partial charge in [0.2, 0.25) is 0 Å².